The van der Waals surface area contributed by atoms with Gasteiger partial charge in [-0.05, 0) is 69.6 Å². The zero-order valence-electron chi connectivity index (χ0n) is 20.5. The van der Waals surface area contributed by atoms with Crippen LogP contribution in [0, 0.1) is 11.3 Å². The molecule has 1 fully saturated rings. The van der Waals surface area contributed by atoms with Gasteiger partial charge in [0, 0.05) is 17.8 Å². The quantitative estimate of drug-likeness (QED) is 0.321. The van der Waals surface area contributed by atoms with Gasteiger partial charge >= 0.3 is 0 Å². The van der Waals surface area contributed by atoms with Crippen LogP contribution < -0.4 is 20.7 Å². The minimum atomic E-state index is -0.406. The summed E-state index contributed by atoms with van der Waals surface area (Å²) in [6.07, 6.45) is 3.16. The van der Waals surface area contributed by atoms with Crippen molar-refractivity contribution in [2.75, 3.05) is 37.9 Å². The van der Waals surface area contributed by atoms with Crippen LogP contribution in [0.3, 0.4) is 0 Å². The zero-order chi connectivity index (χ0) is 26.5. The number of ether oxygens (including phenoxy) is 1. The van der Waals surface area contributed by atoms with Crippen LogP contribution >= 0.6 is 11.5 Å². The smallest absolute Gasteiger partial charge is 0.251 e. The maximum Gasteiger partial charge on any atom is 0.251 e. The Morgan fingerprint density at radius 3 is 2.70 bits per heavy atom. The number of hydrogen-bond acceptors (Lipinski definition) is 12. The molecule has 1 aliphatic heterocycles. The number of carbonyl (C=O) groups excluding carboxylic acids is 2. The average Bonchev–Trinajstić information content (AvgIpc) is 3.24. The lowest BCUT2D eigenvalue weighted by Gasteiger charge is -2.29. The number of anilines is 4. The molecule has 1 aromatic carbocycles. The number of nitrogens with one attached hydrogen (secondary N) is 3. The van der Waals surface area contributed by atoms with Crippen LogP contribution in [0.25, 0.3) is 0 Å². The number of methoxy groups -OCH3 is 1. The molecule has 12 nitrogen and oxygen atoms in total. The number of carbonyl (C=O) groups is 2. The zero-order valence-corrected chi connectivity index (χ0v) is 21.3. The normalized spacial score (nSPS) is 14.0. The third kappa shape index (κ3) is 5.93. The number of rotatable bonds is 8. The van der Waals surface area contributed by atoms with Gasteiger partial charge in [0.25, 0.3) is 5.91 Å². The van der Waals surface area contributed by atoms with E-state index in [2.05, 4.69) is 42.2 Å². The Bertz CT molecular complexity index is 1360. The molecule has 3 aromatic rings. The van der Waals surface area contributed by atoms with Crippen LogP contribution in [-0.4, -0.2) is 69.3 Å². The molecule has 4 rings (SSSR count). The largest absolute Gasteiger partial charge is 0.495 e. The van der Waals surface area contributed by atoms with Crippen LogP contribution in [0.2, 0.25) is 0 Å². The molecular formula is C24H26N8O4S. The highest BCUT2D eigenvalue weighted by Gasteiger charge is 2.21. The van der Waals surface area contributed by atoms with Gasteiger partial charge in [0.2, 0.25) is 11.8 Å². The van der Waals surface area contributed by atoms with Crippen molar-refractivity contribution in [3.8, 4) is 17.7 Å². The topological polar surface area (TPSA) is 165 Å². The fourth-order valence-electron chi connectivity index (χ4n) is 3.85. The van der Waals surface area contributed by atoms with E-state index in [1.54, 1.807) is 18.2 Å². The van der Waals surface area contributed by atoms with Crippen molar-refractivity contribution in [1.29, 1.82) is 5.26 Å². The third-order valence-corrected chi connectivity index (χ3v) is 6.70. The molecule has 13 heteroatoms. The number of ketones is 1. The molecule has 0 saturated carbocycles. The van der Waals surface area contributed by atoms with E-state index in [9.17, 15) is 20.0 Å². The van der Waals surface area contributed by atoms with E-state index < -0.39 is 5.88 Å². The molecule has 3 heterocycles. The first kappa shape index (κ1) is 25.8. The van der Waals surface area contributed by atoms with Gasteiger partial charge in [0.15, 0.2) is 11.3 Å². The Hall–Kier alpha value is -4.28. The Morgan fingerprint density at radius 1 is 1.27 bits per heavy atom. The first-order valence-corrected chi connectivity index (χ1v) is 12.2. The number of likely N-dealkylation sites (tertiary alicyclic amines) is 1. The van der Waals surface area contributed by atoms with Crippen LogP contribution in [-0.2, 0) is 0 Å². The van der Waals surface area contributed by atoms with Gasteiger partial charge in [-0.25, -0.2) is 4.98 Å². The van der Waals surface area contributed by atoms with Crippen molar-refractivity contribution in [2.24, 2.45) is 0 Å². The fraction of sp³-hybridized carbons (Fsp3) is 0.333. The van der Waals surface area contributed by atoms with Crippen molar-refractivity contribution in [2.45, 2.75) is 25.8 Å². The van der Waals surface area contributed by atoms with Crippen LogP contribution in [0.4, 0.5) is 22.5 Å². The number of aromatic nitrogens is 3. The molecule has 0 radical (unpaired) electrons. The molecule has 0 unspecified atom stereocenters. The number of Topliss-reactive ketones (excluding diaryl/α,β-unsaturated/α-hetero) is 1. The summed E-state index contributed by atoms with van der Waals surface area (Å²) in [6.45, 7) is 3.25. The predicted molar refractivity (Wildman–Crippen MR) is 138 cm³/mol. The van der Waals surface area contributed by atoms with Crippen LogP contribution in [0.5, 0.6) is 11.6 Å². The summed E-state index contributed by atoms with van der Waals surface area (Å²) in [5, 5.41) is 28.3. The molecule has 1 aliphatic rings. The fourth-order valence-corrected chi connectivity index (χ4v) is 4.49. The molecule has 1 amide bonds. The molecule has 4 N–H and O–H groups in total. The van der Waals surface area contributed by atoms with E-state index in [1.807, 2.05) is 6.07 Å². The van der Waals surface area contributed by atoms with Crippen molar-refractivity contribution in [3.63, 3.8) is 0 Å². The summed E-state index contributed by atoms with van der Waals surface area (Å²) in [5.41, 5.74) is 1.11. The third-order valence-electron chi connectivity index (χ3n) is 5.95. The highest BCUT2D eigenvalue weighted by Crippen LogP contribution is 2.33. The summed E-state index contributed by atoms with van der Waals surface area (Å²) >= 11 is 0.863. The first-order chi connectivity index (χ1) is 17.8. The SMILES string of the molecule is COc1cc(C(=O)NC2CCN(C)CC2)ccc1Nc1ncc(C(C)=O)c(Nc2snc(O)c2C#N)n1. The summed E-state index contributed by atoms with van der Waals surface area (Å²) in [6, 6.07) is 7.00. The lowest BCUT2D eigenvalue weighted by atomic mass is 10.0. The minimum absolute atomic E-state index is 0.0524. The Labute approximate surface area is 217 Å². The highest BCUT2D eigenvalue weighted by atomic mass is 32.1. The van der Waals surface area contributed by atoms with E-state index in [1.165, 1.54) is 20.2 Å². The van der Waals surface area contributed by atoms with Gasteiger partial charge in [0.1, 0.15) is 22.6 Å². The lowest BCUT2D eigenvalue weighted by molar-refractivity contribution is 0.0916. The van der Waals surface area contributed by atoms with E-state index in [-0.39, 0.29) is 45.6 Å². The maximum absolute atomic E-state index is 12.8. The molecule has 2 aromatic heterocycles. The van der Waals surface area contributed by atoms with Crippen molar-refractivity contribution >= 4 is 45.7 Å². The van der Waals surface area contributed by atoms with Gasteiger partial charge in [0.05, 0.1) is 18.4 Å². The number of aromatic hydroxyl groups is 1. The summed E-state index contributed by atoms with van der Waals surface area (Å²) in [5.74, 6) is -0.187. The molecule has 192 valence electrons. The standard InChI is InChI=1S/C24H26N8O4S/c1-13(33)17-12-26-24(30-20(17)29-23-16(11-25)22(35)31-37-23)28-18-5-4-14(10-19(18)36-3)21(34)27-15-6-8-32(2)9-7-15/h4-5,10,12,15H,6-9H2,1-3H3,(H,27,34)(H,31,35)(H2,26,28,29,30). The minimum Gasteiger partial charge on any atom is -0.495 e. The van der Waals surface area contributed by atoms with E-state index in [0.29, 0.717) is 17.0 Å². The molecule has 0 atom stereocenters. The number of nitriles is 1. The second-order valence-electron chi connectivity index (χ2n) is 8.55. The molecule has 0 aliphatic carbocycles. The molecule has 37 heavy (non-hydrogen) atoms. The number of hydrogen-bond donors (Lipinski definition) is 4. The number of nitrogens with zero attached hydrogens (tertiary/aromatic N) is 5. The number of amides is 1. The van der Waals surface area contributed by atoms with Crippen molar-refractivity contribution in [1.82, 2.24) is 24.6 Å². The second-order valence-corrected chi connectivity index (χ2v) is 9.32. The second kappa shape index (κ2) is 11.2. The summed E-state index contributed by atoms with van der Waals surface area (Å²) in [4.78, 5) is 35.7. The Kier molecular flexibility index (Phi) is 7.80. The monoisotopic (exact) mass is 522 g/mol. The van der Waals surface area contributed by atoms with E-state index >= 15 is 0 Å². The number of piperidine rings is 1. The molecule has 1 saturated heterocycles. The Morgan fingerprint density at radius 2 is 2.03 bits per heavy atom. The molecule has 0 spiro atoms. The van der Waals surface area contributed by atoms with Gasteiger partial charge in [-0.2, -0.15) is 14.6 Å². The van der Waals surface area contributed by atoms with Gasteiger partial charge in [-0.3, -0.25) is 9.59 Å². The molecular weight excluding hydrogens is 496 g/mol. The summed E-state index contributed by atoms with van der Waals surface area (Å²) in [7, 11) is 3.56. The average molecular weight is 523 g/mol. The van der Waals surface area contributed by atoms with Gasteiger partial charge < -0.3 is 30.7 Å². The van der Waals surface area contributed by atoms with Gasteiger partial charge in [-0.15, -0.1) is 0 Å². The summed E-state index contributed by atoms with van der Waals surface area (Å²) < 4.78 is 9.24. The van der Waals surface area contributed by atoms with E-state index in [4.69, 9.17) is 4.74 Å². The lowest BCUT2D eigenvalue weighted by Crippen LogP contribution is -2.43. The van der Waals surface area contributed by atoms with Crippen LogP contribution in [0.15, 0.2) is 24.4 Å². The number of benzene rings is 1. The van der Waals surface area contributed by atoms with Gasteiger partial charge in [-0.1, -0.05) is 0 Å². The van der Waals surface area contributed by atoms with Crippen LogP contribution in [0.1, 0.15) is 46.0 Å². The maximum atomic E-state index is 12.8. The van der Waals surface area contributed by atoms with Crippen molar-refractivity contribution < 1.29 is 19.4 Å². The highest BCUT2D eigenvalue weighted by molar-refractivity contribution is 7.10. The predicted octanol–water partition coefficient (Wildman–Crippen LogP) is 3.03. The first-order valence-electron chi connectivity index (χ1n) is 11.5. The Balaban J connectivity index is 1.54. The van der Waals surface area contributed by atoms with Crippen molar-refractivity contribution in [3.05, 3.63) is 41.1 Å². The van der Waals surface area contributed by atoms with E-state index in [0.717, 1.165) is 37.5 Å². The molecule has 0 bridgehead atoms.